The smallest absolute Gasteiger partial charge is 0.382 e. The van der Waals surface area contributed by atoms with Gasteiger partial charge in [0.15, 0.2) is 0 Å². The molecule has 2 aliphatic heterocycles. The van der Waals surface area contributed by atoms with Gasteiger partial charge >= 0.3 is 6.18 Å². The molecule has 0 radical (unpaired) electrons. The lowest BCUT2D eigenvalue weighted by Gasteiger charge is -2.36. The molecule has 0 N–H and O–H groups in total. The zero-order chi connectivity index (χ0) is 24.0. The summed E-state index contributed by atoms with van der Waals surface area (Å²) in [6, 6.07) is 12.0. The molecule has 0 unspecified atom stereocenters. The first kappa shape index (κ1) is 31.0. The Morgan fingerprint density at radius 2 is 1.47 bits per heavy atom. The van der Waals surface area contributed by atoms with Gasteiger partial charge in [-0.25, -0.2) is 0 Å². The second kappa shape index (κ2) is 14.7. The summed E-state index contributed by atoms with van der Waals surface area (Å²) in [5, 5.41) is 0. The summed E-state index contributed by atoms with van der Waals surface area (Å²) < 4.78 is 50.7. The minimum atomic E-state index is -4.35. The Bertz CT molecular complexity index is 947. The summed E-state index contributed by atoms with van der Waals surface area (Å²) in [6.07, 6.45) is -3.47. The van der Waals surface area contributed by atoms with E-state index in [4.69, 9.17) is 9.47 Å². The van der Waals surface area contributed by atoms with E-state index in [1.165, 1.54) is 23.9 Å². The molecule has 2 aromatic rings. The van der Waals surface area contributed by atoms with E-state index in [-0.39, 0.29) is 24.8 Å². The minimum Gasteiger partial charge on any atom is -0.382 e. The number of benzene rings is 2. The lowest BCUT2D eigenvalue weighted by molar-refractivity contribution is -0.137. The predicted molar refractivity (Wildman–Crippen MR) is 144 cm³/mol. The molecule has 5 nitrogen and oxygen atoms in total. The fraction of sp³-hybridized carbons (Fsp3) is 0.520. The molecule has 2 aromatic carbocycles. The van der Waals surface area contributed by atoms with E-state index in [1.807, 2.05) is 24.3 Å². The standard InChI is InChI=1S/C25H32F3N3O2S.2ClH/c1-32-17-18-33-16-15-30-13-11-29(12-14-30)9-4-10-31-21-5-2-3-6-23(21)34-24-8-7-20(19-22(24)31)25(26,27)28;;/h2-3,5-8,19H,4,9-18H2,1H3;2*1H. The quantitative estimate of drug-likeness (QED) is 0.336. The lowest BCUT2D eigenvalue weighted by atomic mass is 10.1. The Hall–Kier alpha value is -1.20. The topological polar surface area (TPSA) is 28.2 Å². The molecule has 202 valence electrons. The molecule has 0 saturated carbocycles. The number of rotatable bonds is 10. The third kappa shape index (κ3) is 8.15. The van der Waals surface area contributed by atoms with Crippen LogP contribution >= 0.6 is 36.6 Å². The fourth-order valence-electron chi connectivity index (χ4n) is 4.37. The van der Waals surface area contributed by atoms with Crippen LogP contribution in [0.3, 0.4) is 0 Å². The van der Waals surface area contributed by atoms with Gasteiger partial charge in [0.1, 0.15) is 0 Å². The van der Waals surface area contributed by atoms with Gasteiger partial charge in [-0.1, -0.05) is 23.9 Å². The molecule has 0 aliphatic carbocycles. The molecule has 0 spiro atoms. The number of anilines is 2. The van der Waals surface area contributed by atoms with E-state index >= 15 is 0 Å². The maximum Gasteiger partial charge on any atom is 0.416 e. The first-order valence-corrected chi connectivity index (χ1v) is 12.5. The molecule has 0 amide bonds. The highest BCUT2D eigenvalue weighted by Crippen LogP contribution is 2.49. The minimum absolute atomic E-state index is 0. The number of methoxy groups -OCH3 is 1. The molecule has 0 aromatic heterocycles. The maximum atomic E-state index is 13.4. The highest BCUT2D eigenvalue weighted by molar-refractivity contribution is 7.99. The summed E-state index contributed by atoms with van der Waals surface area (Å²) in [5.74, 6) is 0. The van der Waals surface area contributed by atoms with Crippen molar-refractivity contribution in [2.75, 3.05) is 77.6 Å². The Kier molecular flexibility index (Phi) is 12.6. The number of piperazine rings is 1. The highest BCUT2D eigenvalue weighted by atomic mass is 35.5. The molecule has 36 heavy (non-hydrogen) atoms. The molecule has 2 aliphatic rings. The molecule has 2 heterocycles. The van der Waals surface area contributed by atoms with E-state index in [2.05, 4.69) is 14.7 Å². The summed E-state index contributed by atoms with van der Waals surface area (Å²) in [4.78, 5) is 8.87. The number of ether oxygens (including phenoxy) is 2. The second-order valence-electron chi connectivity index (χ2n) is 8.54. The van der Waals surface area contributed by atoms with Crippen molar-refractivity contribution in [3.05, 3.63) is 48.0 Å². The monoisotopic (exact) mass is 567 g/mol. The van der Waals surface area contributed by atoms with Crippen molar-refractivity contribution in [1.82, 2.24) is 9.80 Å². The van der Waals surface area contributed by atoms with E-state index in [1.54, 1.807) is 13.2 Å². The number of nitrogens with zero attached hydrogens (tertiary/aromatic N) is 3. The van der Waals surface area contributed by atoms with Crippen molar-refractivity contribution in [3.63, 3.8) is 0 Å². The zero-order valence-corrected chi connectivity index (χ0v) is 22.8. The third-order valence-electron chi connectivity index (χ3n) is 6.26. The van der Waals surface area contributed by atoms with E-state index in [9.17, 15) is 13.2 Å². The molecule has 0 atom stereocenters. The Balaban J connectivity index is 0.00000228. The summed E-state index contributed by atoms with van der Waals surface area (Å²) in [7, 11) is 1.67. The summed E-state index contributed by atoms with van der Waals surface area (Å²) in [5.41, 5.74) is 1.04. The molecule has 0 bridgehead atoms. The van der Waals surface area contributed by atoms with Gasteiger partial charge in [0.25, 0.3) is 0 Å². The Morgan fingerprint density at radius 1 is 0.806 bits per heavy atom. The molecule has 1 fully saturated rings. The lowest BCUT2D eigenvalue weighted by Crippen LogP contribution is -2.47. The van der Waals surface area contributed by atoms with Gasteiger partial charge in [-0.3, -0.25) is 4.90 Å². The van der Waals surface area contributed by atoms with Crippen LogP contribution in [0, 0.1) is 0 Å². The van der Waals surface area contributed by atoms with Crippen molar-refractivity contribution in [2.24, 2.45) is 0 Å². The normalized spacial score (nSPS) is 16.1. The van der Waals surface area contributed by atoms with E-state index in [0.717, 1.165) is 67.8 Å². The summed E-state index contributed by atoms with van der Waals surface area (Å²) in [6.45, 7) is 8.52. The average Bonchev–Trinajstić information content (AvgIpc) is 2.83. The van der Waals surface area contributed by atoms with Gasteiger partial charge in [0, 0.05) is 56.2 Å². The van der Waals surface area contributed by atoms with Gasteiger partial charge in [-0.05, 0) is 43.3 Å². The molecular formula is C25H34Cl2F3N3O2S. The second-order valence-corrected chi connectivity index (χ2v) is 9.63. The van der Waals surface area contributed by atoms with Crippen LogP contribution in [0.25, 0.3) is 0 Å². The van der Waals surface area contributed by atoms with Crippen molar-refractivity contribution in [1.29, 1.82) is 0 Å². The third-order valence-corrected chi connectivity index (χ3v) is 7.39. The molecule has 4 rings (SSSR count). The van der Waals surface area contributed by atoms with Crippen molar-refractivity contribution < 1.29 is 22.6 Å². The van der Waals surface area contributed by atoms with Crippen LogP contribution in [-0.2, 0) is 15.7 Å². The first-order valence-electron chi connectivity index (χ1n) is 11.7. The van der Waals surface area contributed by atoms with Crippen molar-refractivity contribution in [2.45, 2.75) is 22.4 Å². The average molecular weight is 569 g/mol. The Labute approximate surface area is 228 Å². The van der Waals surface area contributed by atoms with Crippen molar-refractivity contribution in [3.8, 4) is 0 Å². The number of hydrogen-bond donors (Lipinski definition) is 0. The number of fused-ring (bicyclic) bond motifs is 2. The predicted octanol–water partition coefficient (Wildman–Crippen LogP) is 5.82. The summed E-state index contributed by atoms with van der Waals surface area (Å²) >= 11 is 1.54. The number of alkyl halides is 3. The Morgan fingerprint density at radius 3 is 2.17 bits per heavy atom. The van der Waals surface area contributed by atoms with Gasteiger partial charge in [0.05, 0.1) is 36.8 Å². The van der Waals surface area contributed by atoms with Gasteiger partial charge in [-0.15, -0.1) is 24.8 Å². The number of halogens is 5. The first-order chi connectivity index (χ1) is 16.5. The van der Waals surface area contributed by atoms with Crippen LogP contribution in [0.5, 0.6) is 0 Å². The number of hydrogen-bond acceptors (Lipinski definition) is 6. The highest BCUT2D eigenvalue weighted by Gasteiger charge is 2.33. The molecular weight excluding hydrogens is 534 g/mol. The largest absolute Gasteiger partial charge is 0.416 e. The van der Waals surface area contributed by atoms with Gasteiger partial charge in [-0.2, -0.15) is 13.2 Å². The maximum absolute atomic E-state index is 13.4. The van der Waals surface area contributed by atoms with Crippen LogP contribution in [0.15, 0.2) is 52.3 Å². The van der Waals surface area contributed by atoms with E-state index < -0.39 is 11.7 Å². The van der Waals surface area contributed by atoms with Gasteiger partial charge in [0.2, 0.25) is 0 Å². The SMILES string of the molecule is COCCOCCN1CCN(CCCN2c3ccccc3Sc3ccc(C(F)(F)F)cc32)CC1.Cl.Cl. The van der Waals surface area contributed by atoms with Gasteiger partial charge < -0.3 is 19.3 Å². The van der Waals surface area contributed by atoms with Crippen LogP contribution in [0.1, 0.15) is 12.0 Å². The number of para-hydroxylation sites is 1. The molecule has 11 heteroatoms. The van der Waals surface area contributed by atoms with Crippen LogP contribution < -0.4 is 4.90 Å². The zero-order valence-electron chi connectivity index (χ0n) is 20.3. The molecule has 1 saturated heterocycles. The van der Waals surface area contributed by atoms with Crippen LogP contribution in [0.4, 0.5) is 24.5 Å². The van der Waals surface area contributed by atoms with Crippen molar-refractivity contribution >= 4 is 48.0 Å². The van der Waals surface area contributed by atoms with E-state index in [0.29, 0.717) is 25.4 Å². The fourth-order valence-corrected chi connectivity index (χ4v) is 5.45. The van der Waals surface area contributed by atoms with Crippen LogP contribution in [0.2, 0.25) is 0 Å². The van der Waals surface area contributed by atoms with Crippen LogP contribution in [-0.4, -0.2) is 82.5 Å².